The number of aliphatic carboxylic acids is 1. The number of carbonyl (C=O) groups is 2. The molecular formula is C33H43N5O3. The van der Waals surface area contributed by atoms with Gasteiger partial charge in [-0.25, -0.2) is 0 Å². The summed E-state index contributed by atoms with van der Waals surface area (Å²) in [6, 6.07) is 2.84. The Morgan fingerprint density at radius 2 is 1.98 bits per heavy atom. The number of hydrogen-bond acceptors (Lipinski definition) is 6. The van der Waals surface area contributed by atoms with E-state index in [1.165, 1.54) is 5.57 Å². The van der Waals surface area contributed by atoms with E-state index in [1.54, 1.807) is 23.5 Å². The van der Waals surface area contributed by atoms with Crippen LogP contribution < -0.4 is 0 Å². The summed E-state index contributed by atoms with van der Waals surface area (Å²) in [6.45, 7) is 9.54. The summed E-state index contributed by atoms with van der Waals surface area (Å²) in [5.74, 6) is -0.740. The fraction of sp³-hybridized carbons (Fsp3) is 0.455. The normalized spacial score (nSPS) is 17.9. The molecule has 0 aromatic carbocycles. The summed E-state index contributed by atoms with van der Waals surface area (Å²) in [7, 11) is 4.15. The predicted octanol–water partition coefficient (Wildman–Crippen LogP) is 5.51. The second kappa shape index (κ2) is 13.3. The molecule has 2 aliphatic rings. The number of carbonyl (C=O) groups excluding carboxylic acids is 1. The molecule has 1 amide bonds. The Morgan fingerprint density at radius 3 is 2.66 bits per heavy atom. The first-order valence-electron chi connectivity index (χ1n) is 14.5. The zero-order chi connectivity index (χ0) is 29.7. The van der Waals surface area contributed by atoms with Crippen LogP contribution in [0.5, 0.6) is 0 Å². The molecule has 1 N–H and O–H groups in total. The maximum Gasteiger partial charge on any atom is 0.305 e. The number of nitrogens with zero attached hydrogens (tertiary/aromatic N) is 5. The van der Waals surface area contributed by atoms with Crippen molar-refractivity contribution >= 4 is 11.9 Å². The SMILES string of the molecule is Cc1ccnc(C)c1-c1cncc([C@H](CC(=O)O)N2CC=C3C=CC(CCCN(C)C)=CN3C(CC(C)C)C2=O)c1. The summed E-state index contributed by atoms with van der Waals surface area (Å²) in [4.78, 5) is 41.5. The van der Waals surface area contributed by atoms with Gasteiger partial charge in [-0.2, -0.15) is 0 Å². The molecule has 2 aromatic rings. The number of carboxylic acids is 1. The highest BCUT2D eigenvalue weighted by Gasteiger charge is 2.38. The minimum absolute atomic E-state index is 0.0606. The van der Waals surface area contributed by atoms with Crippen LogP contribution in [0.2, 0.25) is 0 Å². The van der Waals surface area contributed by atoms with Crippen molar-refractivity contribution in [2.24, 2.45) is 5.92 Å². The second-order valence-electron chi connectivity index (χ2n) is 11.8. The van der Waals surface area contributed by atoms with Gasteiger partial charge in [0.05, 0.1) is 12.5 Å². The first kappa shape index (κ1) is 30.2. The van der Waals surface area contributed by atoms with Crippen LogP contribution >= 0.6 is 0 Å². The van der Waals surface area contributed by atoms with Gasteiger partial charge in [-0.1, -0.05) is 19.9 Å². The molecule has 8 heteroatoms. The number of aryl methyl sites for hydroxylation is 2. The molecule has 2 aliphatic heterocycles. The molecule has 4 heterocycles. The highest BCUT2D eigenvalue weighted by Crippen LogP contribution is 2.35. The summed E-state index contributed by atoms with van der Waals surface area (Å²) in [5.41, 5.74) is 6.67. The van der Waals surface area contributed by atoms with E-state index >= 15 is 0 Å². The van der Waals surface area contributed by atoms with Crippen LogP contribution in [0.15, 0.2) is 66.4 Å². The van der Waals surface area contributed by atoms with Crippen molar-refractivity contribution in [1.29, 1.82) is 0 Å². The third-order valence-electron chi connectivity index (χ3n) is 7.76. The van der Waals surface area contributed by atoms with Gasteiger partial charge in [0, 0.05) is 53.9 Å². The van der Waals surface area contributed by atoms with E-state index in [0.717, 1.165) is 47.5 Å². The van der Waals surface area contributed by atoms with E-state index in [2.05, 4.69) is 66.1 Å². The lowest BCUT2D eigenvalue weighted by atomic mass is 9.95. The molecule has 8 nitrogen and oxygen atoms in total. The van der Waals surface area contributed by atoms with Gasteiger partial charge in [-0.3, -0.25) is 19.6 Å². The summed E-state index contributed by atoms with van der Waals surface area (Å²) < 4.78 is 0. The number of rotatable bonds is 11. The van der Waals surface area contributed by atoms with E-state index in [1.807, 2.05) is 32.1 Å². The zero-order valence-corrected chi connectivity index (χ0v) is 25.2. The number of allylic oxidation sites excluding steroid dienone is 3. The maximum absolute atomic E-state index is 14.4. The lowest BCUT2D eigenvalue weighted by molar-refractivity contribution is -0.142. The van der Waals surface area contributed by atoms with Gasteiger partial charge < -0.3 is 19.8 Å². The highest BCUT2D eigenvalue weighted by molar-refractivity contribution is 5.84. The smallest absolute Gasteiger partial charge is 0.305 e. The first-order chi connectivity index (χ1) is 19.5. The van der Waals surface area contributed by atoms with Crippen LogP contribution in [0.1, 0.15) is 62.4 Å². The molecule has 0 spiro atoms. The third-order valence-corrected chi connectivity index (χ3v) is 7.76. The van der Waals surface area contributed by atoms with Crippen LogP contribution in [0.3, 0.4) is 0 Å². The molecule has 2 aromatic heterocycles. The van der Waals surface area contributed by atoms with Crippen molar-refractivity contribution in [3.8, 4) is 11.1 Å². The topological polar surface area (TPSA) is 89.9 Å². The molecule has 41 heavy (non-hydrogen) atoms. The zero-order valence-electron chi connectivity index (χ0n) is 25.2. The maximum atomic E-state index is 14.4. The molecule has 0 saturated carbocycles. The Kier molecular flexibility index (Phi) is 9.76. The summed E-state index contributed by atoms with van der Waals surface area (Å²) in [6.07, 6.45) is 16.1. The van der Waals surface area contributed by atoms with E-state index in [0.29, 0.717) is 18.5 Å². The van der Waals surface area contributed by atoms with E-state index in [9.17, 15) is 14.7 Å². The van der Waals surface area contributed by atoms with Gasteiger partial charge in [0.2, 0.25) is 5.91 Å². The molecule has 0 aliphatic carbocycles. The highest BCUT2D eigenvalue weighted by atomic mass is 16.4. The van der Waals surface area contributed by atoms with Gasteiger partial charge in [-0.15, -0.1) is 0 Å². The minimum atomic E-state index is -0.958. The number of carboxylic acid groups (broad SMARTS) is 1. The Morgan fingerprint density at radius 1 is 1.20 bits per heavy atom. The van der Waals surface area contributed by atoms with Crippen LogP contribution in [-0.4, -0.2) is 74.9 Å². The quantitative estimate of drug-likeness (QED) is 0.389. The molecule has 4 rings (SSSR count). The average Bonchev–Trinajstić information content (AvgIpc) is 3.03. The molecule has 0 bridgehead atoms. The number of pyridine rings is 2. The van der Waals surface area contributed by atoms with Gasteiger partial charge >= 0.3 is 5.97 Å². The van der Waals surface area contributed by atoms with Gasteiger partial charge in [0.15, 0.2) is 0 Å². The van der Waals surface area contributed by atoms with Gasteiger partial charge in [0.25, 0.3) is 0 Å². The Hall–Kier alpha value is -3.78. The largest absolute Gasteiger partial charge is 0.481 e. The number of hydrogen-bond donors (Lipinski definition) is 1. The Bertz CT molecular complexity index is 1340. The lowest BCUT2D eigenvalue weighted by Crippen LogP contribution is -2.47. The molecule has 0 saturated heterocycles. The Labute approximate surface area is 244 Å². The van der Waals surface area contributed by atoms with Crippen molar-refractivity contribution < 1.29 is 14.7 Å². The van der Waals surface area contributed by atoms with Gasteiger partial charge in [-0.05, 0) is 101 Å². The van der Waals surface area contributed by atoms with E-state index in [-0.39, 0.29) is 18.2 Å². The number of aromatic nitrogens is 2. The average molecular weight is 558 g/mol. The second-order valence-corrected chi connectivity index (χ2v) is 11.8. The van der Waals surface area contributed by atoms with Crippen LogP contribution in [0, 0.1) is 19.8 Å². The molecule has 0 radical (unpaired) electrons. The van der Waals surface area contributed by atoms with Crippen molar-refractivity contribution in [3.63, 3.8) is 0 Å². The molecular weight excluding hydrogens is 514 g/mol. The molecule has 1 unspecified atom stereocenters. The van der Waals surface area contributed by atoms with Crippen LogP contribution in [-0.2, 0) is 9.59 Å². The number of amides is 1. The predicted molar refractivity (Wildman–Crippen MR) is 162 cm³/mol. The fourth-order valence-electron chi connectivity index (χ4n) is 5.78. The van der Waals surface area contributed by atoms with Crippen molar-refractivity contribution in [2.75, 3.05) is 27.2 Å². The minimum Gasteiger partial charge on any atom is -0.481 e. The standard InChI is InChI=1S/C33H43N5O3/c1-22(2)16-30-33(41)37(15-12-28-10-9-25(21-38(28)30)8-7-14-36(5)6)29(18-31(39)40)26-17-27(20-34-19-26)32-23(3)11-13-35-24(32)4/h9-13,17,19-22,29-30H,7-8,14-16,18H2,1-6H3,(H,39,40)/t29-,30?/m0/s1. The van der Waals surface area contributed by atoms with Crippen LogP contribution in [0.4, 0.5) is 0 Å². The van der Waals surface area contributed by atoms with Crippen molar-refractivity contribution in [1.82, 2.24) is 24.7 Å². The van der Waals surface area contributed by atoms with E-state index in [4.69, 9.17) is 0 Å². The monoisotopic (exact) mass is 557 g/mol. The van der Waals surface area contributed by atoms with Crippen molar-refractivity contribution in [3.05, 3.63) is 83.2 Å². The lowest BCUT2D eigenvalue weighted by Gasteiger charge is -2.36. The molecule has 0 fully saturated rings. The van der Waals surface area contributed by atoms with Crippen molar-refractivity contribution in [2.45, 2.75) is 65.5 Å². The first-order valence-corrected chi connectivity index (χ1v) is 14.5. The molecule has 2 atom stereocenters. The van der Waals surface area contributed by atoms with E-state index < -0.39 is 18.1 Å². The summed E-state index contributed by atoms with van der Waals surface area (Å²) >= 11 is 0. The van der Waals surface area contributed by atoms with Gasteiger partial charge in [0.1, 0.15) is 6.04 Å². The summed E-state index contributed by atoms with van der Waals surface area (Å²) in [5, 5.41) is 9.96. The number of fused-ring (bicyclic) bond motifs is 1. The Balaban J connectivity index is 1.71. The van der Waals surface area contributed by atoms with Crippen LogP contribution in [0.25, 0.3) is 11.1 Å². The fourth-order valence-corrected chi connectivity index (χ4v) is 5.78. The third kappa shape index (κ3) is 7.30. The molecule has 218 valence electrons.